The van der Waals surface area contributed by atoms with Crippen molar-refractivity contribution in [1.29, 1.82) is 0 Å². The van der Waals surface area contributed by atoms with E-state index in [-0.39, 0.29) is 36.5 Å². The predicted molar refractivity (Wildman–Crippen MR) is 87.6 cm³/mol. The van der Waals surface area contributed by atoms with E-state index in [1.165, 1.54) is 24.3 Å². The van der Waals surface area contributed by atoms with E-state index in [0.717, 1.165) is 6.54 Å². The summed E-state index contributed by atoms with van der Waals surface area (Å²) in [6.07, 6.45) is 0. The van der Waals surface area contributed by atoms with Crippen LogP contribution in [0.3, 0.4) is 0 Å². The fraction of sp³-hybridized carbons (Fsp3) is 0.312. The number of halogens is 2. The molecule has 0 radical (unpaired) electrons. The molecule has 0 saturated carbocycles. The summed E-state index contributed by atoms with van der Waals surface area (Å²) in [6, 6.07) is 9.00. The molecular weight excluding hydrogens is 323 g/mol. The summed E-state index contributed by atoms with van der Waals surface area (Å²) in [4.78, 5) is 11.8. The Morgan fingerprint density at radius 3 is 2.61 bits per heavy atom. The first-order valence-corrected chi connectivity index (χ1v) is 7.15. The minimum atomic E-state index is -0.318. The van der Waals surface area contributed by atoms with Gasteiger partial charge in [0.15, 0.2) is 5.76 Å². The van der Waals surface area contributed by atoms with Crippen molar-refractivity contribution in [3.05, 3.63) is 53.7 Å². The molecule has 7 heteroatoms. The molecule has 2 rings (SSSR count). The molecule has 0 aliphatic heterocycles. The first kappa shape index (κ1) is 19.0. The molecule has 126 valence electrons. The first-order chi connectivity index (χ1) is 10.7. The third-order valence-corrected chi connectivity index (χ3v) is 2.92. The molecule has 0 unspecified atom stereocenters. The van der Waals surface area contributed by atoms with Crippen LogP contribution in [0.4, 0.5) is 4.39 Å². The van der Waals surface area contributed by atoms with Crippen LogP contribution in [0.2, 0.25) is 0 Å². The number of amides is 1. The highest BCUT2D eigenvalue weighted by molar-refractivity contribution is 5.91. The summed E-state index contributed by atoms with van der Waals surface area (Å²) in [5.41, 5.74) is 0. The minimum Gasteiger partial charge on any atom is -0.486 e. The smallest absolute Gasteiger partial charge is 0.287 e. The van der Waals surface area contributed by atoms with Crippen molar-refractivity contribution in [2.45, 2.75) is 13.5 Å². The lowest BCUT2D eigenvalue weighted by Gasteiger charge is -2.04. The van der Waals surface area contributed by atoms with Gasteiger partial charge in [0.05, 0.1) is 0 Å². The highest BCUT2D eigenvalue weighted by Gasteiger charge is 2.10. The second-order valence-corrected chi connectivity index (χ2v) is 4.62. The zero-order valence-corrected chi connectivity index (χ0v) is 13.6. The molecular formula is C16H20ClFN2O3. The predicted octanol–water partition coefficient (Wildman–Crippen LogP) is 2.76. The SMILES string of the molecule is CCNCCNC(=O)c1ccc(COc2ccc(F)cc2)o1.Cl. The Balaban J connectivity index is 0.00000264. The molecule has 1 heterocycles. The van der Waals surface area contributed by atoms with E-state index in [9.17, 15) is 9.18 Å². The fourth-order valence-corrected chi connectivity index (χ4v) is 1.79. The van der Waals surface area contributed by atoms with Crippen molar-refractivity contribution in [3.8, 4) is 5.75 Å². The second-order valence-electron chi connectivity index (χ2n) is 4.62. The van der Waals surface area contributed by atoms with Crippen LogP contribution < -0.4 is 15.4 Å². The van der Waals surface area contributed by atoms with Crippen molar-refractivity contribution >= 4 is 18.3 Å². The molecule has 1 aromatic heterocycles. The number of carbonyl (C=O) groups is 1. The molecule has 0 fully saturated rings. The normalized spacial score (nSPS) is 10.0. The standard InChI is InChI=1S/C16H19FN2O3.ClH/c1-2-18-9-10-19-16(20)15-8-7-14(22-15)11-21-13-5-3-12(17)4-6-13;/h3-8,18H,2,9-11H2,1H3,(H,19,20);1H. The van der Waals surface area contributed by atoms with Crippen LogP contribution in [0.15, 0.2) is 40.8 Å². The Hall–Kier alpha value is -2.05. The lowest BCUT2D eigenvalue weighted by atomic mass is 10.3. The van der Waals surface area contributed by atoms with Crippen molar-refractivity contribution in [1.82, 2.24) is 10.6 Å². The molecule has 0 bridgehead atoms. The lowest BCUT2D eigenvalue weighted by molar-refractivity contribution is 0.0922. The maximum atomic E-state index is 12.8. The van der Waals surface area contributed by atoms with Gasteiger partial charge in [-0.05, 0) is 42.9 Å². The summed E-state index contributed by atoms with van der Waals surface area (Å²) in [5, 5.41) is 5.86. The Morgan fingerprint density at radius 2 is 1.91 bits per heavy atom. The highest BCUT2D eigenvalue weighted by atomic mass is 35.5. The van der Waals surface area contributed by atoms with Gasteiger partial charge >= 0.3 is 0 Å². The van der Waals surface area contributed by atoms with Crippen LogP contribution in [0.25, 0.3) is 0 Å². The van der Waals surface area contributed by atoms with E-state index in [0.29, 0.717) is 24.6 Å². The Kier molecular flexibility index (Phi) is 8.15. The number of likely N-dealkylation sites (N-methyl/N-ethyl adjacent to an activating group) is 1. The Morgan fingerprint density at radius 1 is 1.17 bits per heavy atom. The average Bonchev–Trinajstić information content (AvgIpc) is 3.00. The number of hydrogen-bond acceptors (Lipinski definition) is 4. The Bertz CT molecular complexity index is 602. The van der Waals surface area contributed by atoms with Gasteiger partial charge in [-0.15, -0.1) is 12.4 Å². The molecule has 23 heavy (non-hydrogen) atoms. The quantitative estimate of drug-likeness (QED) is 0.724. The number of rotatable bonds is 8. The maximum Gasteiger partial charge on any atom is 0.287 e. The van der Waals surface area contributed by atoms with Crippen molar-refractivity contribution in [2.24, 2.45) is 0 Å². The maximum absolute atomic E-state index is 12.8. The molecule has 0 spiro atoms. The van der Waals surface area contributed by atoms with Gasteiger partial charge in [0, 0.05) is 13.1 Å². The number of carbonyl (C=O) groups excluding carboxylic acids is 1. The van der Waals surface area contributed by atoms with Crippen LogP contribution in [0.5, 0.6) is 5.75 Å². The summed E-state index contributed by atoms with van der Waals surface area (Å²) >= 11 is 0. The molecule has 5 nitrogen and oxygen atoms in total. The zero-order chi connectivity index (χ0) is 15.8. The number of ether oxygens (including phenoxy) is 1. The van der Waals surface area contributed by atoms with Gasteiger partial charge in [-0.3, -0.25) is 4.79 Å². The molecule has 2 N–H and O–H groups in total. The minimum absolute atomic E-state index is 0. The van der Waals surface area contributed by atoms with E-state index >= 15 is 0 Å². The van der Waals surface area contributed by atoms with Crippen LogP contribution >= 0.6 is 12.4 Å². The Labute approximate surface area is 140 Å². The number of benzene rings is 1. The van der Waals surface area contributed by atoms with Crippen molar-refractivity contribution < 1.29 is 18.3 Å². The van der Waals surface area contributed by atoms with E-state index in [1.807, 2.05) is 6.92 Å². The molecule has 0 aliphatic carbocycles. The van der Waals surface area contributed by atoms with Gasteiger partial charge in [0.2, 0.25) is 0 Å². The average molecular weight is 343 g/mol. The molecule has 2 aromatic rings. The van der Waals surface area contributed by atoms with Gasteiger partial charge in [0.1, 0.15) is 23.9 Å². The van der Waals surface area contributed by atoms with E-state index in [4.69, 9.17) is 9.15 Å². The largest absolute Gasteiger partial charge is 0.486 e. The highest BCUT2D eigenvalue weighted by Crippen LogP contribution is 2.15. The van der Waals surface area contributed by atoms with Crippen LogP contribution in [0.1, 0.15) is 23.2 Å². The van der Waals surface area contributed by atoms with Gasteiger partial charge in [-0.1, -0.05) is 6.92 Å². The van der Waals surface area contributed by atoms with Gasteiger partial charge in [0.25, 0.3) is 5.91 Å². The van der Waals surface area contributed by atoms with Gasteiger partial charge < -0.3 is 19.8 Å². The third-order valence-electron chi connectivity index (χ3n) is 2.92. The number of hydrogen-bond donors (Lipinski definition) is 2. The van der Waals surface area contributed by atoms with Crippen molar-refractivity contribution in [3.63, 3.8) is 0 Å². The molecule has 1 amide bonds. The summed E-state index contributed by atoms with van der Waals surface area (Å²) < 4.78 is 23.6. The van der Waals surface area contributed by atoms with Gasteiger partial charge in [-0.25, -0.2) is 4.39 Å². The molecule has 0 saturated heterocycles. The van der Waals surface area contributed by atoms with Crippen LogP contribution in [-0.4, -0.2) is 25.5 Å². The summed E-state index contributed by atoms with van der Waals surface area (Å²) in [6.45, 7) is 4.29. The van der Waals surface area contributed by atoms with Gasteiger partial charge in [-0.2, -0.15) is 0 Å². The topological polar surface area (TPSA) is 63.5 Å². The monoisotopic (exact) mass is 342 g/mol. The molecule has 0 atom stereocenters. The fourth-order valence-electron chi connectivity index (χ4n) is 1.79. The van der Waals surface area contributed by atoms with Crippen LogP contribution in [-0.2, 0) is 6.61 Å². The third kappa shape index (κ3) is 6.30. The molecule has 0 aliphatic rings. The van der Waals surface area contributed by atoms with Crippen molar-refractivity contribution in [2.75, 3.05) is 19.6 Å². The lowest BCUT2D eigenvalue weighted by Crippen LogP contribution is -2.31. The van der Waals surface area contributed by atoms with E-state index in [2.05, 4.69) is 10.6 Å². The number of furan rings is 1. The van der Waals surface area contributed by atoms with E-state index in [1.54, 1.807) is 12.1 Å². The second kappa shape index (κ2) is 9.86. The van der Waals surface area contributed by atoms with Crippen LogP contribution in [0, 0.1) is 5.82 Å². The summed E-state index contributed by atoms with van der Waals surface area (Å²) in [7, 11) is 0. The zero-order valence-electron chi connectivity index (χ0n) is 12.8. The van der Waals surface area contributed by atoms with E-state index < -0.39 is 0 Å². The molecule has 1 aromatic carbocycles. The summed E-state index contributed by atoms with van der Waals surface area (Å²) in [5.74, 6) is 0.734. The number of nitrogens with one attached hydrogen (secondary N) is 2. The first-order valence-electron chi connectivity index (χ1n) is 7.15.